The van der Waals surface area contributed by atoms with Gasteiger partial charge in [0.2, 0.25) is 6.04 Å². The molecule has 1 fully saturated rings. The van der Waals surface area contributed by atoms with Crippen LogP contribution in [0.3, 0.4) is 0 Å². The minimum atomic E-state index is -0.824. The maximum absolute atomic E-state index is 13.3. The van der Waals surface area contributed by atoms with Gasteiger partial charge in [0, 0.05) is 7.05 Å². The molecule has 0 radical (unpaired) electrons. The number of rotatable bonds is 4. The lowest BCUT2D eigenvalue weighted by molar-refractivity contribution is -0.268. The fourth-order valence-corrected chi connectivity index (χ4v) is 3.36. The molecule has 4 rings (SSSR count). The number of nitrogens with one attached hydrogen (secondary N) is 1. The normalized spacial score (nSPS) is 18.4. The average molecular weight is 422 g/mol. The van der Waals surface area contributed by atoms with Crippen molar-refractivity contribution in [2.24, 2.45) is 5.10 Å². The Bertz CT molecular complexity index is 1120. The molecule has 10 heteroatoms. The van der Waals surface area contributed by atoms with E-state index in [2.05, 4.69) is 15.2 Å². The molecule has 0 spiro atoms. The summed E-state index contributed by atoms with van der Waals surface area (Å²) in [6, 6.07) is 10.7. The molecule has 31 heavy (non-hydrogen) atoms. The molecule has 2 aromatic carbocycles. The highest BCUT2D eigenvalue weighted by atomic mass is 19.1. The molecule has 1 N–H and O–H groups in total. The molecule has 2 heterocycles. The molecule has 0 bridgehead atoms. The summed E-state index contributed by atoms with van der Waals surface area (Å²) in [7, 11) is 2.96. The van der Waals surface area contributed by atoms with Gasteiger partial charge >= 0.3 is 17.8 Å². The van der Waals surface area contributed by atoms with Crippen molar-refractivity contribution in [1.82, 2.24) is 24.8 Å². The predicted molar refractivity (Wildman–Crippen MR) is 110 cm³/mol. The van der Waals surface area contributed by atoms with Crippen molar-refractivity contribution in [3.63, 3.8) is 0 Å². The van der Waals surface area contributed by atoms with Gasteiger partial charge < -0.3 is 5.11 Å². The number of fused-ring (bicyclic) bond motifs is 1. The quantitative estimate of drug-likeness (QED) is 0.426. The van der Waals surface area contributed by atoms with Gasteiger partial charge in [-0.1, -0.05) is 36.4 Å². The van der Waals surface area contributed by atoms with Crippen LogP contribution >= 0.6 is 0 Å². The number of nitrogens with zero attached hydrogens (tertiary/aromatic N) is 5. The number of amidine groups is 1. The van der Waals surface area contributed by atoms with Crippen molar-refractivity contribution in [2.75, 3.05) is 14.1 Å². The molecule has 3 amide bonds. The Hall–Kier alpha value is -4.17. The Kier molecular flexibility index (Phi) is 5.14. The molecule has 1 unspecified atom stereocenters. The van der Waals surface area contributed by atoms with Crippen LogP contribution in [-0.4, -0.2) is 64.8 Å². The molecular weight excluding hydrogens is 403 g/mol. The summed E-state index contributed by atoms with van der Waals surface area (Å²) in [6.07, 6.45) is 1.51. The van der Waals surface area contributed by atoms with E-state index in [-0.39, 0.29) is 29.9 Å². The molecular formula is C21H19FN6O3. The number of imide groups is 1. The number of hydrogen-bond acceptors (Lipinski definition) is 6. The number of guanidine groups is 1. The number of carbonyl (C=O) groups is 2. The zero-order valence-electron chi connectivity index (χ0n) is 16.8. The molecule has 0 saturated carbocycles. The summed E-state index contributed by atoms with van der Waals surface area (Å²) >= 11 is 0. The molecule has 0 aromatic heterocycles. The number of hydrazone groups is 1. The van der Waals surface area contributed by atoms with E-state index in [1.807, 2.05) is 0 Å². The zero-order chi connectivity index (χ0) is 22.1. The van der Waals surface area contributed by atoms with Crippen LogP contribution in [-0.2, 0) is 11.3 Å². The predicted octanol–water partition coefficient (Wildman–Crippen LogP) is 0.0527. The minimum Gasteiger partial charge on any atom is -0.872 e. The number of amides is 3. The van der Waals surface area contributed by atoms with Gasteiger partial charge in [0.15, 0.2) is 0 Å². The van der Waals surface area contributed by atoms with Gasteiger partial charge in [0.1, 0.15) is 5.82 Å². The Morgan fingerprint density at radius 2 is 1.77 bits per heavy atom. The summed E-state index contributed by atoms with van der Waals surface area (Å²) in [6.45, 7) is 0.238. The molecule has 2 aliphatic rings. The van der Waals surface area contributed by atoms with E-state index in [0.29, 0.717) is 5.56 Å². The van der Waals surface area contributed by atoms with Gasteiger partial charge in [-0.05, 0) is 23.3 Å². The highest BCUT2D eigenvalue weighted by molar-refractivity contribution is 6.23. The second-order valence-electron chi connectivity index (χ2n) is 7.13. The van der Waals surface area contributed by atoms with E-state index in [9.17, 15) is 19.1 Å². The Balaban J connectivity index is 1.63. The molecule has 1 saturated heterocycles. The molecule has 0 aliphatic carbocycles. The van der Waals surface area contributed by atoms with Crippen LogP contribution in [0.15, 0.2) is 53.6 Å². The van der Waals surface area contributed by atoms with Gasteiger partial charge in [-0.15, -0.1) is 10.9 Å². The van der Waals surface area contributed by atoms with Crippen molar-refractivity contribution in [3.05, 3.63) is 65.5 Å². The standard InChI is InChI=1S/C21H19FN6O3/c1-26-18-17(19(30)27(2)21(26)31)28(12-14-3-7-15(22)8-4-14)20(24-18)25-23-11-13-5-9-16(29)10-6-13/h3-11,17H,12H2,1-2H3,(H,23,29). The average Bonchev–Trinajstić information content (AvgIpc) is 3.12. The summed E-state index contributed by atoms with van der Waals surface area (Å²) < 4.78 is 17.7. The lowest BCUT2D eigenvalue weighted by atomic mass is 10.1. The van der Waals surface area contributed by atoms with E-state index < -0.39 is 18.0 Å². The highest BCUT2D eigenvalue weighted by Gasteiger charge is 2.54. The number of carbonyl (C=O) groups excluding carboxylic acids is 2. The summed E-state index contributed by atoms with van der Waals surface area (Å²) in [5, 5.41) is 15.4. The number of benzene rings is 2. The Morgan fingerprint density at radius 1 is 1.10 bits per heavy atom. The maximum atomic E-state index is 13.3. The molecule has 9 nitrogen and oxygen atoms in total. The lowest BCUT2D eigenvalue weighted by Crippen LogP contribution is -2.63. The van der Waals surface area contributed by atoms with E-state index >= 15 is 0 Å². The summed E-state index contributed by atoms with van der Waals surface area (Å²) in [5.74, 6) is -0.341. The largest absolute Gasteiger partial charge is 0.872 e. The van der Waals surface area contributed by atoms with Crippen molar-refractivity contribution in [1.29, 1.82) is 0 Å². The van der Waals surface area contributed by atoms with E-state index in [1.54, 1.807) is 36.2 Å². The van der Waals surface area contributed by atoms with Gasteiger partial charge in [0.05, 0.1) is 19.8 Å². The topological polar surface area (TPSA) is 105 Å². The third kappa shape index (κ3) is 3.84. The van der Waals surface area contributed by atoms with Crippen molar-refractivity contribution >= 4 is 29.9 Å². The van der Waals surface area contributed by atoms with Crippen molar-refractivity contribution in [3.8, 4) is 5.75 Å². The van der Waals surface area contributed by atoms with Crippen molar-refractivity contribution < 1.29 is 19.1 Å². The van der Waals surface area contributed by atoms with E-state index in [1.165, 1.54) is 42.4 Å². The van der Waals surface area contributed by atoms with Gasteiger partial charge in [-0.25, -0.2) is 23.7 Å². The molecule has 158 valence electrons. The smallest absolute Gasteiger partial charge is 0.421 e. The Labute approximate surface area is 177 Å². The first kappa shape index (κ1) is 20.1. The third-order valence-corrected chi connectivity index (χ3v) is 5.06. The third-order valence-electron chi connectivity index (χ3n) is 5.06. The molecule has 2 aliphatic heterocycles. The van der Waals surface area contributed by atoms with Gasteiger partial charge in [0.25, 0.3) is 5.91 Å². The SMILES string of the molecule is CN1C(=O)C2C(=[N+]=C(N/N=C/c3ccc([O-])cc3)N2Cc2ccc(F)cc2)N(C)C1=O. The lowest BCUT2D eigenvalue weighted by Gasteiger charge is -2.31. The highest BCUT2D eigenvalue weighted by Crippen LogP contribution is 2.20. The number of urea groups is 1. The second kappa shape index (κ2) is 7.92. The van der Waals surface area contributed by atoms with E-state index in [0.717, 1.165) is 10.5 Å². The Morgan fingerprint density at radius 3 is 2.45 bits per heavy atom. The second-order valence-corrected chi connectivity index (χ2v) is 7.13. The van der Waals surface area contributed by atoms with Gasteiger partial charge in [-0.3, -0.25) is 9.69 Å². The molecule has 2 aromatic rings. The first-order chi connectivity index (χ1) is 14.8. The van der Waals surface area contributed by atoms with Crippen LogP contribution in [0.4, 0.5) is 9.18 Å². The maximum Gasteiger partial charge on any atom is 0.421 e. The number of likely N-dealkylation sites (N-methyl/N-ethyl adjacent to an activating group) is 2. The van der Waals surface area contributed by atoms with Crippen LogP contribution < -0.4 is 15.2 Å². The van der Waals surface area contributed by atoms with Crippen LogP contribution in [0.2, 0.25) is 0 Å². The summed E-state index contributed by atoms with van der Waals surface area (Å²) in [4.78, 5) is 29.2. The first-order valence-electron chi connectivity index (χ1n) is 9.43. The van der Waals surface area contributed by atoms with Crippen molar-refractivity contribution in [2.45, 2.75) is 12.6 Å². The summed E-state index contributed by atoms with van der Waals surface area (Å²) in [5.41, 5.74) is 4.27. The van der Waals surface area contributed by atoms with Crippen LogP contribution in [0.5, 0.6) is 5.75 Å². The first-order valence-corrected chi connectivity index (χ1v) is 9.43. The molecule has 1 atom stereocenters. The van der Waals surface area contributed by atoms with Gasteiger partial charge in [-0.2, -0.15) is 5.43 Å². The van der Waals surface area contributed by atoms with Crippen LogP contribution in [0.1, 0.15) is 11.1 Å². The zero-order valence-corrected chi connectivity index (χ0v) is 16.8. The number of halogens is 1. The fourth-order valence-electron chi connectivity index (χ4n) is 3.36. The monoisotopic (exact) mass is 422 g/mol. The fraction of sp³-hybridized carbons (Fsp3) is 0.190. The minimum absolute atomic E-state index is 0.105. The number of hydrogen-bond donors (Lipinski definition) is 1. The van der Waals surface area contributed by atoms with E-state index in [4.69, 9.17) is 0 Å². The van der Waals surface area contributed by atoms with Crippen LogP contribution in [0.25, 0.3) is 0 Å². The van der Waals surface area contributed by atoms with Crippen LogP contribution in [0, 0.1) is 5.82 Å².